The summed E-state index contributed by atoms with van der Waals surface area (Å²) in [5.74, 6) is 4.61. The second kappa shape index (κ2) is 19.8. The van der Waals surface area contributed by atoms with Crippen molar-refractivity contribution in [2.24, 2.45) is 9.53 Å². The van der Waals surface area contributed by atoms with Crippen LogP contribution >= 0.6 is 24.8 Å². The molecule has 0 aliphatic rings. The van der Waals surface area contributed by atoms with Gasteiger partial charge < -0.3 is 0 Å². The largest absolute Gasteiger partial charge is 0.268 e. The van der Waals surface area contributed by atoms with Crippen LogP contribution in [0.5, 0.6) is 0 Å². The van der Waals surface area contributed by atoms with Crippen molar-refractivity contribution in [3.05, 3.63) is 0 Å². The van der Waals surface area contributed by atoms with E-state index in [-0.39, 0.29) is 0 Å². The molecule has 0 fully saturated rings. The minimum absolute atomic E-state index is 0.390. The lowest BCUT2D eigenvalue weighted by molar-refractivity contribution is 0.256. The van der Waals surface area contributed by atoms with Gasteiger partial charge in [0.1, 0.15) is 0 Å². The Labute approximate surface area is 268 Å². The molecule has 0 heterocycles. The highest BCUT2D eigenvalue weighted by atomic mass is 31.2. The lowest BCUT2D eigenvalue weighted by atomic mass is 10.3. The Morgan fingerprint density at radius 2 is 0.476 bits per heavy atom. The van der Waals surface area contributed by atoms with E-state index in [9.17, 15) is 0 Å². The van der Waals surface area contributed by atoms with Gasteiger partial charge in [0.05, 0.1) is 20.0 Å². The van der Waals surface area contributed by atoms with Gasteiger partial charge >= 0.3 is 0 Å². The van der Waals surface area contributed by atoms with E-state index in [1.165, 1.54) is 0 Å². The Balaban J connectivity index is 7.28. The average Bonchev–Trinajstić information content (AvgIpc) is 2.77. The van der Waals surface area contributed by atoms with E-state index in [0.717, 1.165) is 0 Å². The standard InChI is InChI=1S/C32H72N7P3/c1-23(2)35(24(3)4)40(21-33-41(36(25(5)6)26(7)8)37(27(9)10)28(11)12)22-34-42(38(29(13)14)30(15)16)39(31(17)18)32(19)20/h21-32H,1-20H3/b33-21+,34-22+. The molecular formula is C32H72N7P3. The lowest BCUT2D eigenvalue weighted by Crippen LogP contribution is -2.42. The third-order valence-electron chi connectivity index (χ3n) is 6.93. The van der Waals surface area contributed by atoms with Crippen molar-refractivity contribution in [2.45, 2.75) is 199 Å². The average molecular weight is 648 g/mol. The van der Waals surface area contributed by atoms with E-state index in [0.29, 0.717) is 60.4 Å². The molecule has 0 bridgehead atoms. The topological polar surface area (TPSA) is 40.9 Å². The van der Waals surface area contributed by atoms with Crippen molar-refractivity contribution in [3.63, 3.8) is 0 Å². The fourth-order valence-corrected chi connectivity index (χ4v) is 13.2. The lowest BCUT2D eigenvalue weighted by Gasteiger charge is -2.45. The third kappa shape index (κ3) is 12.7. The van der Waals surface area contributed by atoms with Gasteiger partial charge in [-0.15, -0.1) is 0 Å². The maximum Gasteiger partial charge on any atom is 0.170 e. The van der Waals surface area contributed by atoms with Crippen molar-refractivity contribution in [1.82, 2.24) is 23.4 Å². The Kier molecular flexibility index (Phi) is 20.0. The molecule has 0 N–H and O–H groups in total. The molecule has 0 aliphatic heterocycles. The molecule has 0 aliphatic carbocycles. The molecule has 0 aromatic heterocycles. The summed E-state index contributed by atoms with van der Waals surface area (Å²) in [7, 11) is -2.62. The van der Waals surface area contributed by atoms with Crippen LogP contribution in [0.1, 0.15) is 138 Å². The maximum absolute atomic E-state index is 5.57. The number of hydrogen-bond donors (Lipinski definition) is 0. The molecule has 0 saturated heterocycles. The molecule has 42 heavy (non-hydrogen) atoms. The summed E-state index contributed by atoms with van der Waals surface area (Å²) in [6.45, 7) is 46.3. The molecule has 0 aromatic rings. The Morgan fingerprint density at radius 1 is 0.310 bits per heavy atom. The van der Waals surface area contributed by atoms with Crippen LogP contribution in [-0.2, 0) is 0 Å². The van der Waals surface area contributed by atoms with Crippen LogP contribution in [0.2, 0.25) is 0 Å². The zero-order valence-corrected chi connectivity index (χ0v) is 34.1. The van der Waals surface area contributed by atoms with Gasteiger partial charge in [-0.25, -0.2) is 28.2 Å². The number of hydrogen-bond acceptors (Lipinski definition) is 7. The van der Waals surface area contributed by atoms with Gasteiger partial charge in [0.2, 0.25) is 0 Å². The number of nitrogens with zero attached hydrogens (tertiary/aromatic N) is 7. The first kappa shape index (κ1) is 42.4. The van der Waals surface area contributed by atoms with Crippen LogP contribution in [0.3, 0.4) is 0 Å². The SMILES string of the molecule is CC(C)N(C(C)C)P(/C=N/P(N(C(C)C)C(C)C)N(C(C)C)C(C)C)/C=N/P(N(C(C)C)C(C)C)N(C(C)C)C(C)C. The monoisotopic (exact) mass is 648 g/mol. The minimum atomic E-state index is -0.885. The first-order chi connectivity index (χ1) is 19.2. The quantitative estimate of drug-likeness (QED) is 0.103. The summed E-state index contributed by atoms with van der Waals surface area (Å²) in [5, 5.41) is 0. The molecule has 250 valence electrons. The molecule has 10 heteroatoms. The molecule has 0 saturated carbocycles. The van der Waals surface area contributed by atoms with Gasteiger partial charge in [-0.3, -0.25) is 4.67 Å². The van der Waals surface area contributed by atoms with Crippen LogP contribution in [-0.4, -0.2) is 95.7 Å². The summed E-state index contributed by atoms with van der Waals surface area (Å²) in [5.41, 5.74) is 0. The molecule has 0 spiro atoms. The Morgan fingerprint density at radius 3 is 0.619 bits per heavy atom. The summed E-state index contributed by atoms with van der Waals surface area (Å²) in [6, 6.07) is 4.03. The van der Waals surface area contributed by atoms with Crippen LogP contribution in [0.25, 0.3) is 0 Å². The van der Waals surface area contributed by atoms with Gasteiger partial charge in [0, 0.05) is 60.4 Å². The molecule has 0 aromatic carbocycles. The van der Waals surface area contributed by atoms with E-state index in [1.807, 2.05) is 0 Å². The van der Waals surface area contributed by atoms with Crippen molar-refractivity contribution >= 4 is 36.7 Å². The van der Waals surface area contributed by atoms with Gasteiger partial charge in [0.15, 0.2) is 16.7 Å². The maximum atomic E-state index is 5.57. The summed E-state index contributed by atoms with van der Waals surface area (Å²) < 4.78 is 24.3. The smallest absolute Gasteiger partial charge is 0.170 e. The number of rotatable bonds is 19. The normalized spacial score (nSPS) is 14.5. The predicted molar refractivity (Wildman–Crippen MR) is 198 cm³/mol. The van der Waals surface area contributed by atoms with E-state index in [1.54, 1.807) is 0 Å². The van der Waals surface area contributed by atoms with Crippen LogP contribution in [0.4, 0.5) is 0 Å². The van der Waals surface area contributed by atoms with Crippen LogP contribution in [0, 0.1) is 0 Å². The van der Waals surface area contributed by atoms with E-state index in [4.69, 9.17) is 9.53 Å². The fraction of sp³-hybridized carbons (Fsp3) is 0.938. The van der Waals surface area contributed by atoms with Gasteiger partial charge in [0.25, 0.3) is 0 Å². The molecular weight excluding hydrogens is 575 g/mol. The fourth-order valence-electron chi connectivity index (χ4n) is 5.99. The molecule has 0 rings (SSSR count). The van der Waals surface area contributed by atoms with Crippen molar-refractivity contribution in [2.75, 3.05) is 0 Å². The highest BCUT2D eigenvalue weighted by Crippen LogP contribution is 2.55. The highest BCUT2D eigenvalue weighted by molar-refractivity contribution is 7.84. The van der Waals surface area contributed by atoms with Crippen molar-refractivity contribution < 1.29 is 0 Å². The van der Waals surface area contributed by atoms with E-state index >= 15 is 0 Å². The van der Waals surface area contributed by atoms with Gasteiger partial charge in [-0.2, -0.15) is 0 Å². The molecule has 7 nitrogen and oxygen atoms in total. The summed E-state index contributed by atoms with van der Waals surface area (Å²) in [6.07, 6.45) is 0. The first-order valence-corrected chi connectivity index (χ1v) is 20.4. The Bertz CT molecular complexity index is 648. The predicted octanol–water partition coefficient (Wildman–Crippen LogP) is 10.5. The van der Waals surface area contributed by atoms with Crippen LogP contribution in [0.15, 0.2) is 9.53 Å². The van der Waals surface area contributed by atoms with Gasteiger partial charge in [-0.05, 0) is 138 Å². The molecule has 0 radical (unpaired) electrons. The molecule has 0 unspecified atom stereocenters. The minimum Gasteiger partial charge on any atom is -0.268 e. The zero-order valence-electron chi connectivity index (χ0n) is 31.4. The van der Waals surface area contributed by atoms with E-state index in [2.05, 4.69) is 174 Å². The zero-order chi connectivity index (χ0) is 33.2. The second-order valence-corrected chi connectivity index (χ2v) is 19.3. The highest BCUT2D eigenvalue weighted by Gasteiger charge is 2.35. The van der Waals surface area contributed by atoms with E-state index < -0.39 is 24.8 Å². The molecule has 0 atom stereocenters. The third-order valence-corrected chi connectivity index (χ3v) is 15.4. The van der Waals surface area contributed by atoms with Gasteiger partial charge in [-0.1, -0.05) is 0 Å². The summed E-state index contributed by atoms with van der Waals surface area (Å²) >= 11 is 0. The first-order valence-electron chi connectivity index (χ1n) is 16.6. The van der Waals surface area contributed by atoms with Crippen LogP contribution < -0.4 is 0 Å². The molecule has 0 amide bonds. The summed E-state index contributed by atoms with van der Waals surface area (Å²) in [4.78, 5) is 0. The Hall–Kier alpha value is 0.430. The van der Waals surface area contributed by atoms with Crippen molar-refractivity contribution in [3.8, 4) is 0 Å². The van der Waals surface area contributed by atoms with Crippen molar-refractivity contribution in [1.29, 1.82) is 0 Å². The second-order valence-electron chi connectivity index (χ2n) is 14.2.